The second kappa shape index (κ2) is 8.30. The Bertz CT molecular complexity index is 724. The summed E-state index contributed by atoms with van der Waals surface area (Å²) < 4.78 is 5.56. The average molecular weight is 342 g/mol. The first-order chi connectivity index (χ1) is 11.9. The van der Waals surface area contributed by atoms with Gasteiger partial charge in [0.25, 0.3) is 11.8 Å². The van der Waals surface area contributed by atoms with Gasteiger partial charge in [0.05, 0.1) is 12.1 Å². The summed E-state index contributed by atoms with van der Waals surface area (Å²) in [6, 6.07) is 13.4. The van der Waals surface area contributed by atoms with Crippen LogP contribution in [0.1, 0.15) is 53.1 Å². The maximum absolute atomic E-state index is 12.3. The molecular weight excluding hydrogens is 320 g/mol. The van der Waals surface area contributed by atoms with Gasteiger partial charge in [-0.2, -0.15) is 0 Å². The third-order valence-electron chi connectivity index (χ3n) is 3.61. The van der Waals surface area contributed by atoms with Crippen LogP contribution in [0, 0.1) is 0 Å². The van der Waals surface area contributed by atoms with Gasteiger partial charge in [-0.25, -0.2) is 5.48 Å². The minimum absolute atomic E-state index is 0.0792. The number of hydrogen-bond donors (Lipinski definition) is 3. The van der Waals surface area contributed by atoms with Crippen molar-refractivity contribution in [3.05, 3.63) is 65.2 Å². The van der Waals surface area contributed by atoms with Gasteiger partial charge >= 0.3 is 0 Å². The monoisotopic (exact) mass is 342 g/mol. The van der Waals surface area contributed by atoms with E-state index in [1.165, 1.54) is 0 Å². The average Bonchev–Trinajstić information content (AvgIpc) is 2.61. The van der Waals surface area contributed by atoms with Crippen LogP contribution in [0.15, 0.2) is 48.5 Å². The molecule has 3 N–H and O–H groups in total. The van der Waals surface area contributed by atoms with E-state index in [-0.39, 0.29) is 18.1 Å². The summed E-state index contributed by atoms with van der Waals surface area (Å²) in [6.07, 6.45) is 0.0792. The zero-order valence-electron chi connectivity index (χ0n) is 14.4. The second-order valence-electron chi connectivity index (χ2n) is 5.95. The van der Waals surface area contributed by atoms with E-state index in [2.05, 4.69) is 5.32 Å². The molecule has 2 amide bonds. The number of amides is 2. The van der Waals surface area contributed by atoms with E-state index in [9.17, 15) is 9.59 Å². The lowest BCUT2D eigenvalue weighted by Crippen LogP contribution is -2.26. The smallest absolute Gasteiger partial charge is 0.274 e. The predicted octanol–water partition coefficient (Wildman–Crippen LogP) is 3.08. The van der Waals surface area contributed by atoms with Crippen LogP contribution in [-0.4, -0.2) is 23.1 Å². The Hall–Kier alpha value is -2.86. The lowest BCUT2D eigenvalue weighted by atomic mass is 10.1. The molecule has 0 aliphatic rings. The van der Waals surface area contributed by atoms with E-state index in [1.807, 2.05) is 20.8 Å². The fourth-order valence-corrected chi connectivity index (χ4v) is 2.31. The summed E-state index contributed by atoms with van der Waals surface area (Å²) in [5.41, 5.74) is 3.31. The maximum Gasteiger partial charge on any atom is 0.274 e. The van der Waals surface area contributed by atoms with Crippen LogP contribution in [-0.2, 0) is 0 Å². The topological polar surface area (TPSA) is 87.7 Å². The maximum atomic E-state index is 12.3. The largest absolute Gasteiger partial charge is 0.491 e. The highest BCUT2D eigenvalue weighted by atomic mass is 16.5. The molecule has 0 heterocycles. The minimum atomic E-state index is -0.577. The molecule has 132 valence electrons. The highest BCUT2D eigenvalue weighted by Crippen LogP contribution is 2.17. The first-order valence-corrected chi connectivity index (χ1v) is 8.02. The van der Waals surface area contributed by atoms with Crippen molar-refractivity contribution in [3.8, 4) is 5.75 Å². The van der Waals surface area contributed by atoms with Gasteiger partial charge in [0.15, 0.2) is 0 Å². The molecule has 0 spiro atoms. The van der Waals surface area contributed by atoms with Crippen LogP contribution >= 0.6 is 0 Å². The van der Waals surface area contributed by atoms with Crippen LogP contribution < -0.4 is 15.5 Å². The lowest BCUT2D eigenvalue weighted by molar-refractivity contribution is 0.0706. The van der Waals surface area contributed by atoms with E-state index in [0.717, 1.165) is 11.3 Å². The molecule has 25 heavy (non-hydrogen) atoms. The van der Waals surface area contributed by atoms with Crippen molar-refractivity contribution in [1.82, 2.24) is 10.8 Å². The first-order valence-electron chi connectivity index (χ1n) is 8.02. The number of nitrogens with one attached hydrogen (secondary N) is 2. The molecule has 1 unspecified atom stereocenters. The van der Waals surface area contributed by atoms with Gasteiger partial charge in [-0.15, -0.1) is 0 Å². The molecule has 0 saturated carbocycles. The van der Waals surface area contributed by atoms with Crippen LogP contribution in [0.4, 0.5) is 0 Å². The lowest BCUT2D eigenvalue weighted by Gasteiger charge is -2.15. The zero-order valence-corrected chi connectivity index (χ0v) is 14.4. The molecule has 2 rings (SSSR count). The molecule has 2 aromatic carbocycles. The Morgan fingerprint density at radius 1 is 0.880 bits per heavy atom. The Kier molecular flexibility index (Phi) is 6.14. The Labute approximate surface area is 146 Å². The molecule has 0 aliphatic heterocycles. The Balaban J connectivity index is 2.00. The van der Waals surface area contributed by atoms with Crippen molar-refractivity contribution in [3.63, 3.8) is 0 Å². The van der Waals surface area contributed by atoms with Gasteiger partial charge in [0, 0.05) is 11.1 Å². The van der Waals surface area contributed by atoms with Gasteiger partial charge in [-0.3, -0.25) is 14.8 Å². The number of carbonyl (C=O) groups excluding carboxylic acids is 2. The van der Waals surface area contributed by atoms with Gasteiger partial charge in [0.1, 0.15) is 5.75 Å². The number of carbonyl (C=O) groups is 2. The standard InChI is InChI=1S/C19H22N2O4/c1-12(2)25-17-10-8-15(9-11-17)18(22)20-13(3)14-4-6-16(7-5-14)19(23)21-24/h4-13,24H,1-3H3,(H,20,22)(H,21,23). The Morgan fingerprint density at radius 2 is 1.40 bits per heavy atom. The molecule has 0 saturated heterocycles. The number of hydroxylamine groups is 1. The molecule has 0 aliphatic carbocycles. The summed E-state index contributed by atoms with van der Waals surface area (Å²) in [5.74, 6) is -0.0509. The number of hydrogen-bond acceptors (Lipinski definition) is 4. The molecule has 0 bridgehead atoms. The predicted molar refractivity (Wildman–Crippen MR) is 93.8 cm³/mol. The van der Waals surface area contributed by atoms with Crippen molar-refractivity contribution in [1.29, 1.82) is 0 Å². The fourth-order valence-electron chi connectivity index (χ4n) is 2.31. The SMILES string of the molecule is CC(C)Oc1ccc(C(=O)NC(C)c2ccc(C(=O)NO)cc2)cc1. The second-order valence-corrected chi connectivity index (χ2v) is 5.95. The van der Waals surface area contributed by atoms with Gasteiger partial charge in [0.2, 0.25) is 0 Å². The van der Waals surface area contributed by atoms with Gasteiger partial charge in [-0.05, 0) is 62.7 Å². The normalized spacial score (nSPS) is 11.7. The van der Waals surface area contributed by atoms with Crippen molar-refractivity contribution >= 4 is 11.8 Å². The third-order valence-corrected chi connectivity index (χ3v) is 3.61. The van der Waals surface area contributed by atoms with Crippen LogP contribution in [0.5, 0.6) is 5.75 Å². The summed E-state index contributed by atoms with van der Waals surface area (Å²) in [6.45, 7) is 5.74. The number of rotatable bonds is 6. The van der Waals surface area contributed by atoms with Gasteiger partial charge in [-0.1, -0.05) is 12.1 Å². The van der Waals surface area contributed by atoms with Gasteiger partial charge < -0.3 is 10.1 Å². The molecule has 0 aromatic heterocycles. The van der Waals surface area contributed by atoms with E-state index in [1.54, 1.807) is 54.0 Å². The van der Waals surface area contributed by atoms with E-state index < -0.39 is 5.91 Å². The van der Waals surface area contributed by atoms with Crippen molar-refractivity contribution in [2.45, 2.75) is 32.9 Å². The quantitative estimate of drug-likeness (QED) is 0.556. The zero-order chi connectivity index (χ0) is 18.4. The van der Waals surface area contributed by atoms with E-state index >= 15 is 0 Å². The molecule has 1 atom stereocenters. The summed E-state index contributed by atoms with van der Waals surface area (Å²) >= 11 is 0. The highest BCUT2D eigenvalue weighted by molar-refractivity contribution is 5.95. The number of ether oxygens (including phenoxy) is 1. The molecule has 2 aromatic rings. The third kappa shape index (κ3) is 5.06. The van der Waals surface area contributed by atoms with Crippen LogP contribution in [0.2, 0.25) is 0 Å². The minimum Gasteiger partial charge on any atom is -0.491 e. The van der Waals surface area contributed by atoms with E-state index in [0.29, 0.717) is 11.1 Å². The summed E-state index contributed by atoms with van der Waals surface area (Å²) in [7, 11) is 0. The number of benzene rings is 2. The first kappa shape index (κ1) is 18.5. The highest BCUT2D eigenvalue weighted by Gasteiger charge is 2.12. The van der Waals surface area contributed by atoms with Crippen molar-refractivity contribution in [2.75, 3.05) is 0 Å². The molecule has 0 fully saturated rings. The Morgan fingerprint density at radius 3 is 1.92 bits per heavy atom. The summed E-state index contributed by atoms with van der Waals surface area (Å²) in [4.78, 5) is 23.6. The fraction of sp³-hybridized carbons (Fsp3) is 0.263. The van der Waals surface area contributed by atoms with Crippen molar-refractivity contribution < 1.29 is 19.5 Å². The molecule has 0 radical (unpaired) electrons. The molecule has 6 heteroatoms. The van der Waals surface area contributed by atoms with Crippen LogP contribution in [0.3, 0.4) is 0 Å². The summed E-state index contributed by atoms with van der Waals surface area (Å²) in [5, 5.41) is 11.5. The molecule has 6 nitrogen and oxygen atoms in total. The van der Waals surface area contributed by atoms with Crippen molar-refractivity contribution in [2.24, 2.45) is 0 Å². The molecular formula is C19H22N2O4. The van der Waals surface area contributed by atoms with E-state index in [4.69, 9.17) is 9.94 Å². The van der Waals surface area contributed by atoms with Crippen LogP contribution in [0.25, 0.3) is 0 Å².